The Labute approximate surface area is 178 Å². The number of carbonyl (C=O) groups is 1. The van der Waals surface area contributed by atoms with Gasteiger partial charge in [0.1, 0.15) is 11.5 Å². The lowest BCUT2D eigenvalue weighted by atomic mass is 10.0. The van der Waals surface area contributed by atoms with Crippen LogP contribution in [0, 0.1) is 11.7 Å². The van der Waals surface area contributed by atoms with E-state index >= 15 is 0 Å². The Hall–Kier alpha value is -2.41. The van der Waals surface area contributed by atoms with Gasteiger partial charge in [-0.2, -0.15) is 0 Å². The zero-order valence-electron chi connectivity index (χ0n) is 18.7. The van der Waals surface area contributed by atoms with Gasteiger partial charge in [-0.05, 0) is 44.7 Å². The first-order chi connectivity index (χ1) is 14.3. The molecule has 1 amide bonds. The van der Waals surface area contributed by atoms with E-state index < -0.39 is 0 Å². The molecule has 1 aliphatic heterocycles. The van der Waals surface area contributed by atoms with Gasteiger partial charge in [0.05, 0.1) is 12.1 Å². The zero-order chi connectivity index (χ0) is 21.8. The average molecular weight is 417 g/mol. The third kappa shape index (κ3) is 4.83. The van der Waals surface area contributed by atoms with Gasteiger partial charge < -0.3 is 19.2 Å². The van der Waals surface area contributed by atoms with Crippen molar-refractivity contribution in [1.29, 1.82) is 0 Å². The molecule has 1 aliphatic rings. The number of halogens is 1. The van der Waals surface area contributed by atoms with E-state index in [9.17, 15) is 9.18 Å². The molecule has 2 heterocycles. The van der Waals surface area contributed by atoms with Crippen molar-refractivity contribution in [2.45, 2.75) is 46.7 Å². The third-order valence-corrected chi connectivity index (χ3v) is 5.90. The summed E-state index contributed by atoms with van der Waals surface area (Å²) in [5, 5.41) is 4.36. The maximum atomic E-state index is 13.5. The molecule has 164 valence electrons. The van der Waals surface area contributed by atoms with Gasteiger partial charge in [-0.25, -0.2) is 4.39 Å². The van der Waals surface area contributed by atoms with Gasteiger partial charge in [-0.3, -0.25) is 4.79 Å². The fourth-order valence-corrected chi connectivity index (χ4v) is 3.71. The van der Waals surface area contributed by atoms with Crippen molar-refractivity contribution in [3.8, 4) is 11.3 Å². The van der Waals surface area contributed by atoms with Crippen LogP contribution in [0.2, 0.25) is 0 Å². The highest BCUT2D eigenvalue weighted by Gasteiger charge is 2.30. The molecule has 0 N–H and O–H groups in total. The molecule has 1 aromatic heterocycles. The molecular formula is C23H33FN4O2. The number of anilines is 1. The Morgan fingerprint density at radius 2 is 1.80 bits per heavy atom. The van der Waals surface area contributed by atoms with Gasteiger partial charge in [0.25, 0.3) is 0 Å². The summed E-state index contributed by atoms with van der Waals surface area (Å²) in [5.41, 5.74) is 2.35. The molecule has 6 nitrogen and oxygen atoms in total. The van der Waals surface area contributed by atoms with Crippen LogP contribution >= 0.6 is 0 Å². The van der Waals surface area contributed by atoms with Crippen molar-refractivity contribution in [3.63, 3.8) is 0 Å². The number of likely N-dealkylation sites (N-methyl/N-ethyl adjacent to an activating group) is 1. The topological polar surface area (TPSA) is 52.8 Å². The summed E-state index contributed by atoms with van der Waals surface area (Å²) < 4.78 is 19.3. The molecule has 1 aromatic carbocycles. The molecule has 0 radical (unpaired) electrons. The van der Waals surface area contributed by atoms with Crippen LogP contribution in [0.4, 0.5) is 10.3 Å². The maximum absolute atomic E-state index is 13.5. The van der Waals surface area contributed by atoms with Crippen LogP contribution in [0.3, 0.4) is 0 Å². The normalized spacial score (nSPS) is 16.2. The Kier molecular flexibility index (Phi) is 7.13. The van der Waals surface area contributed by atoms with Crippen LogP contribution in [0.5, 0.6) is 0 Å². The van der Waals surface area contributed by atoms with E-state index in [-0.39, 0.29) is 23.7 Å². The van der Waals surface area contributed by atoms with Crippen molar-refractivity contribution < 1.29 is 13.7 Å². The molecule has 0 bridgehead atoms. The SMILES string of the molecule is CC[C@@H](C)N(Cc1c(-c2ccc(F)cc2)noc1N1CCN(C)CC1)C(=O)C(C)C. The molecule has 2 aromatic rings. The summed E-state index contributed by atoms with van der Waals surface area (Å²) in [6.45, 7) is 12.0. The number of rotatable bonds is 7. The molecule has 0 unspecified atom stereocenters. The predicted molar refractivity (Wildman–Crippen MR) is 117 cm³/mol. The number of amides is 1. The smallest absolute Gasteiger partial charge is 0.232 e. The zero-order valence-corrected chi connectivity index (χ0v) is 18.7. The Bertz CT molecular complexity index is 841. The van der Waals surface area contributed by atoms with Crippen molar-refractivity contribution in [3.05, 3.63) is 35.6 Å². The molecule has 1 saturated heterocycles. The van der Waals surface area contributed by atoms with Gasteiger partial charge in [-0.1, -0.05) is 25.9 Å². The number of carbonyl (C=O) groups excluding carboxylic acids is 1. The van der Waals surface area contributed by atoms with E-state index in [1.165, 1.54) is 12.1 Å². The second-order valence-corrected chi connectivity index (χ2v) is 8.49. The quantitative estimate of drug-likeness (QED) is 0.683. The summed E-state index contributed by atoms with van der Waals surface area (Å²) in [5.74, 6) is 0.437. The number of piperazine rings is 1. The molecule has 0 saturated carbocycles. The summed E-state index contributed by atoms with van der Waals surface area (Å²) in [6, 6.07) is 6.37. The minimum absolute atomic E-state index is 0.0937. The molecule has 0 aliphatic carbocycles. The van der Waals surface area contributed by atoms with Crippen LogP contribution in [0.25, 0.3) is 11.3 Å². The molecule has 1 atom stereocenters. The second kappa shape index (κ2) is 9.60. The number of nitrogens with zero attached hydrogens (tertiary/aromatic N) is 4. The van der Waals surface area contributed by atoms with Crippen LogP contribution < -0.4 is 4.90 Å². The highest BCUT2D eigenvalue weighted by atomic mass is 19.1. The summed E-state index contributed by atoms with van der Waals surface area (Å²) in [4.78, 5) is 19.4. The van der Waals surface area contributed by atoms with Crippen LogP contribution in [0.15, 0.2) is 28.8 Å². The van der Waals surface area contributed by atoms with E-state index in [2.05, 4.69) is 35.9 Å². The molecule has 1 fully saturated rings. The first-order valence-corrected chi connectivity index (χ1v) is 10.8. The molecule has 30 heavy (non-hydrogen) atoms. The number of benzene rings is 1. The number of hydrogen-bond donors (Lipinski definition) is 0. The maximum Gasteiger partial charge on any atom is 0.232 e. The standard InChI is InChI=1S/C23H33FN4O2/c1-6-17(4)28(22(29)16(2)3)15-20-21(18-7-9-19(24)10-8-18)25-30-23(20)27-13-11-26(5)12-14-27/h7-10,16-17H,6,11-15H2,1-5H3/t17-/m1/s1. The monoisotopic (exact) mass is 416 g/mol. The van der Waals surface area contributed by atoms with Crippen LogP contribution in [-0.4, -0.2) is 60.1 Å². The minimum Gasteiger partial charge on any atom is -0.338 e. The van der Waals surface area contributed by atoms with Crippen LogP contribution in [0.1, 0.15) is 39.7 Å². The van der Waals surface area contributed by atoms with E-state index in [4.69, 9.17) is 4.52 Å². The first kappa shape index (κ1) is 22.3. The van der Waals surface area contributed by atoms with Gasteiger partial charge in [0.2, 0.25) is 11.8 Å². The second-order valence-electron chi connectivity index (χ2n) is 8.49. The van der Waals surface area contributed by atoms with E-state index in [0.29, 0.717) is 18.1 Å². The molecule has 7 heteroatoms. The summed E-state index contributed by atoms with van der Waals surface area (Å²) >= 11 is 0. The molecule has 0 spiro atoms. The van der Waals surface area contributed by atoms with Crippen molar-refractivity contribution in [2.75, 3.05) is 38.1 Å². The third-order valence-electron chi connectivity index (χ3n) is 5.90. The lowest BCUT2D eigenvalue weighted by Gasteiger charge is -2.34. The van der Waals surface area contributed by atoms with Gasteiger partial charge in [-0.15, -0.1) is 0 Å². The van der Waals surface area contributed by atoms with E-state index in [0.717, 1.165) is 43.7 Å². The van der Waals surface area contributed by atoms with Crippen molar-refractivity contribution in [2.24, 2.45) is 5.92 Å². The fraction of sp³-hybridized carbons (Fsp3) is 0.565. The Morgan fingerprint density at radius 3 is 2.37 bits per heavy atom. The molecular weight excluding hydrogens is 383 g/mol. The Morgan fingerprint density at radius 1 is 1.17 bits per heavy atom. The van der Waals surface area contributed by atoms with Crippen molar-refractivity contribution >= 4 is 11.8 Å². The van der Waals surface area contributed by atoms with Gasteiger partial charge >= 0.3 is 0 Å². The highest BCUT2D eigenvalue weighted by Crippen LogP contribution is 2.34. The summed E-state index contributed by atoms with van der Waals surface area (Å²) in [7, 11) is 2.11. The minimum atomic E-state index is -0.292. The largest absolute Gasteiger partial charge is 0.338 e. The van der Waals surface area contributed by atoms with Gasteiger partial charge in [0.15, 0.2) is 0 Å². The average Bonchev–Trinajstić information content (AvgIpc) is 3.15. The first-order valence-electron chi connectivity index (χ1n) is 10.8. The number of hydrogen-bond acceptors (Lipinski definition) is 5. The van der Waals surface area contributed by atoms with Crippen molar-refractivity contribution in [1.82, 2.24) is 15.0 Å². The Balaban J connectivity index is 2.02. The van der Waals surface area contributed by atoms with Crippen LogP contribution in [-0.2, 0) is 11.3 Å². The van der Waals surface area contributed by atoms with E-state index in [1.54, 1.807) is 12.1 Å². The summed E-state index contributed by atoms with van der Waals surface area (Å²) in [6.07, 6.45) is 0.861. The highest BCUT2D eigenvalue weighted by molar-refractivity contribution is 5.79. The number of aromatic nitrogens is 1. The molecule has 3 rings (SSSR count). The fourth-order valence-electron chi connectivity index (χ4n) is 3.71. The lowest BCUT2D eigenvalue weighted by molar-refractivity contribution is -0.137. The lowest BCUT2D eigenvalue weighted by Crippen LogP contribution is -2.45. The predicted octanol–water partition coefficient (Wildman–Crippen LogP) is 4.02. The van der Waals surface area contributed by atoms with Gasteiger partial charge in [0, 0.05) is 43.7 Å². The van der Waals surface area contributed by atoms with E-state index in [1.807, 2.05) is 18.7 Å².